The molecule has 0 saturated carbocycles. The summed E-state index contributed by atoms with van der Waals surface area (Å²) in [4.78, 5) is 40.1. The summed E-state index contributed by atoms with van der Waals surface area (Å²) in [5.74, 6) is -0.983. The van der Waals surface area contributed by atoms with Crippen LogP contribution in [0.2, 0.25) is 0 Å². The number of aryl methyl sites for hydroxylation is 1. The van der Waals surface area contributed by atoms with Crippen LogP contribution in [0.15, 0.2) is 18.2 Å². The van der Waals surface area contributed by atoms with Crippen molar-refractivity contribution in [1.29, 1.82) is 0 Å². The molecule has 0 radical (unpaired) electrons. The van der Waals surface area contributed by atoms with Crippen molar-refractivity contribution in [1.82, 2.24) is 15.5 Å². The Bertz CT molecular complexity index is 816. The summed E-state index contributed by atoms with van der Waals surface area (Å²) in [5.41, 5.74) is 0.259. The predicted molar refractivity (Wildman–Crippen MR) is 121 cm³/mol. The van der Waals surface area contributed by atoms with Gasteiger partial charge in [-0.1, -0.05) is 6.07 Å². The normalized spacial score (nSPS) is 13.5. The molecular weight excluding hydrogens is 414 g/mol. The fourth-order valence-electron chi connectivity index (χ4n) is 3.15. The lowest BCUT2D eigenvalue weighted by Gasteiger charge is -2.37. The second kappa shape index (κ2) is 11.2. The van der Waals surface area contributed by atoms with Gasteiger partial charge in [0.2, 0.25) is 11.8 Å². The number of hydrogen-bond acceptors (Lipinski definition) is 6. The molecule has 1 rings (SSSR count). The van der Waals surface area contributed by atoms with E-state index in [0.29, 0.717) is 11.1 Å². The van der Waals surface area contributed by atoms with Gasteiger partial charge in [-0.25, -0.2) is 4.79 Å². The van der Waals surface area contributed by atoms with Crippen LogP contribution in [-0.2, 0) is 14.3 Å². The molecule has 0 aliphatic rings. The molecule has 2 atom stereocenters. The third kappa shape index (κ3) is 7.71. The van der Waals surface area contributed by atoms with Crippen molar-refractivity contribution >= 4 is 17.9 Å². The zero-order valence-electron chi connectivity index (χ0n) is 20.2. The highest BCUT2D eigenvalue weighted by atomic mass is 16.6. The molecule has 0 aliphatic heterocycles. The Morgan fingerprint density at radius 2 is 1.69 bits per heavy atom. The number of rotatable bonds is 8. The van der Waals surface area contributed by atoms with Crippen molar-refractivity contribution in [2.24, 2.45) is 0 Å². The van der Waals surface area contributed by atoms with Gasteiger partial charge in [-0.3, -0.25) is 9.59 Å². The van der Waals surface area contributed by atoms with E-state index in [-0.39, 0.29) is 11.8 Å². The number of hydrogen-bond donors (Lipinski definition) is 4. The molecule has 9 heteroatoms. The van der Waals surface area contributed by atoms with E-state index in [9.17, 15) is 24.6 Å². The van der Waals surface area contributed by atoms with Crippen molar-refractivity contribution in [3.63, 3.8) is 0 Å². The van der Waals surface area contributed by atoms with Gasteiger partial charge in [-0.2, -0.15) is 0 Å². The Hall–Kier alpha value is -2.81. The highest BCUT2D eigenvalue weighted by Crippen LogP contribution is 2.28. The van der Waals surface area contributed by atoms with Gasteiger partial charge in [0.05, 0.1) is 6.61 Å². The van der Waals surface area contributed by atoms with Crippen LogP contribution in [-0.4, -0.2) is 63.4 Å². The molecule has 180 valence electrons. The van der Waals surface area contributed by atoms with Crippen molar-refractivity contribution in [3.8, 4) is 5.75 Å². The number of amides is 3. The number of phenols is 1. The van der Waals surface area contributed by atoms with Crippen molar-refractivity contribution < 1.29 is 29.3 Å². The molecule has 0 fully saturated rings. The Morgan fingerprint density at radius 1 is 1.09 bits per heavy atom. The number of carbonyl (C=O) groups is 3. The van der Waals surface area contributed by atoms with Gasteiger partial charge in [0.25, 0.3) is 0 Å². The summed E-state index contributed by atoms with van der Waals surface area (Å²) in [6, 6.07) is 1.70. The number of aromatic hydroxyl groups is 1. The minimum absolute atomic E-state index is 0.0685. The van der Waals surface area contributed by atoms with E-state index >= 15 is 0 Å². The first kappa shape index (κ1) is 27.2. The van der Waals surface area contributed by atoms with Crippen LogP contribution >= 0.6 is 0 Å². The first-order chi connectivity index (χ1) is 14.7. The SMILES string of the molecule is Cc1cc(C(C(=O)NC(C)C)N(C(=O)C(CO)NC(=O)OC(C)(C)C)C(C)C)ccc1O. The Kier molecular flexibility index (Phi) is 9.51. The van der Waals surface area contributed by atoms with Crippen LogP contribution in [0.3, 0.4) is 0 Å². The van der Waals surface area contributed by atoms with E-state index in [0.717, 1.165) is 0 Å². The number of ether oxygens (including phenoxy) is 1. The van der Waals surface area contributed by atoms with Crippen LogP contribution in [0.4, 0.5) is 4.79 Å². The molecule has 4 N–H and O–H groups in total. The Balaban J connectivity index is 3.39. The highest BCUT2D eigenvalue weighted by Gasteiger charge is 2.37. The number of nitrogens with one attached hydrogen (secondary N) is 2. The first-order valence-corrected chi connectivity index (χ1v) is 10.7. The molecule has 0 aliphatic carbocycles. The number of aliphatic hydroxyl groups is 1. The summed E-state index contributed by atoms with van der Waals surface area (Å²) in [5, 5.41) is 25.0. The Labute approximate surface area is 190 Å². The van der Waals surface area contributed by atoms with Gasteiger partial charge in [0, 0.05) is 12.1 Å². The van der Waals surface area contributed by atoms with Crippen molar-refractivity contribution in [3.05, 3.63) is 29.3 Å². The molecule has 0 bridgehead atoms. The minimum Gasteiger partial charge on any atom is -0.508 e. The first-order valence-electron chi connectivity index (χ1n) is 10.7. The number of benzene rings is 1. The van der Waals surface area contributed by atoms with E-state index in [2.05, 4.69) is 10.6 Å². The average Bonchev–Trinajstić information content (AvgIpc) is 2.63. The van der Waals surface area contributed by atoms with Crippen LogP contribution in [0.5, 0.6) is 5.75 Å². The minimum atomic E-state index is -1.31. The fraction of sp³-hybridized carbons (Fsp3) is 0.609. The van der Waals surface area contributed by atoms with E-state index in [1.54, 1.807) is 67.5 Å². The summed E-state index contributed by atoms with van der Waals surface area (Å²) in [6.45, 7) is 13.2. The molecule has 32 heavy (non-hydrogen) atoms. The molecule has 0 aromatic heterocycles. The lowest BCUT2D eigenvalue weighted by molar-refractivity contribution is -0.145. The lowest BCUT2D eigenvalue weighted by atomic mass is 9.99. The molecule has 0 spiro atoms. The smallest absolute Gasteiger partial charge is 0.408 e. The zero-order valence-corrected chi connectivity index (χ0v) is 20.2. The maximum absolute atomic E-state index is 13.4. The molecule has 0 saturated heterocycles. The molecular formula is C23H37N3O6. The number of carbonyl (C=O) groups excluding carboxylic acids is 3. The summed E-state index contributed by atoms with van der Waals surface area (Å²) < 4.78 is 5.20. The lowest BCUT2D eigenvalue weighted by Crippen LogP contribution is -2.56. The van der Waals surface area contributed by atoms with Gasteiger partial charge in [0.15, 0.2) is 0 Å². The Morgan fingerprint density at radius 3 is 2.12 bits per heavy atom. The van der Waals surface area contributed by atoms with E-state index < -0.39 is 48.2 Å². The van der Waals surface area contributed by atoms with Gasteiger partial charge < -0.3 is 30.5 Å². The second-order valence-corrected chi connectivity index (χ2v) is 9.33. The third-order valence-corrected chi connectivity index (χ3v) is 4.48. The number of alkyl carbamates (subject to hydrolysis) is 1. The fourth-order valence-corrected chi connectivity index (χ4v) is 3.15. The van der Waals surface area contributed by atoms with Crippen molar-refractivity contribution in [2.45, 2.75) is 85.2 Å². The quantitative estimate of drug-likeness (QED) is 0.480. The summed E-state index contributed by atoms with van der Waals surface area (Å²) in [7, 11) is 0. The van der Waals surface area contributed by atoms with E-state index in [1.165, 1.54) is 11.0 Å². The molecule has 1 aromatic carbocycles. The number of nitrogens with zero attached hydrogens (tertiary/aromatic N) is 1. The standard InChI is InChI=1S/C23H37N3O6/c1-13(2)24-20(29)19(16-9-10-18(28)15(5)11-16)26(14(3)4)21(30)17(12-27)25-22(31)32-23(6,7)8/h9-11,13-14,17,19,27-28H,12H2,1-8H3,(H,24,29)(H,25,31). The maximum atomic E-state index is 13.4. The number of aliphatic hydroxyl groups excluding tert-OH is 1. The van der Waals surface area contributed by atoms with E-state index in [4.69, 9.17) is 4.74 Å². The van der Waals surface area contributed by atoms with Crippen molar-refractivity contribution in [2.75, 3.05) is 6.61 Å². The maximum Gasteiger partial charge on any atom is 0.408 e. The van der Waals surface area contributed by atoms with Crippen LogP contribution in [0.1, 0.15) is 65.6 Å². The molecule has 3 amide bonds. The predicted octanol–water partition coefficient (Wildman–Crippen LogP) is 2.39. The van der Waals surface area contributed by atoms with Gasteiger partial charge in [0.1, 0.15) is 23.4 Å². The van der Waals surface area contributed by atoms with Gasteiger partial charge >= 0.3 is 6.09 Å². The van der Waals surface area contributed by atoms with Gasteiger partial charge in [-0.15, -0.1) is 0 Å². The molecule has 0 heterocycles. The van der Waals surface area contributed by atoms with Gasteiger partial charge in [-0.05, 0) is 78.6 Å². The highest BCUT2D eigenvalue weighted by molar-refractivity contribution is 5.92. The topological polar surface area (TPSA) is 128 Å². The monoisotopic (exact) mass is 451 g/mol. The van der Waals surface area contributed by atoms with Crippen LogP contribution < -0.4 is 10.6 Å². The zero-order chi connectivity index (χ0) is 24.8. The van der Waals surface area contributed by atoms with Crippen LogP contribution in [0, 0.1) is 6.92 Å². The molecule has 9 nitrogen and oxygen atoms in total. The summed E-state index contributed by atoms with van der Waals surface area (Å²) >= 11 is 0. The molecule has 1 aromatic rings. The summed E-state index contributed by atoms with van der Waals surface area (Å²) in [6.07, 6.45) is -0.850. The van der Waals surface area contributed by atoms with E-state index in [1.807, 2.05) is 0 Å². The largest absolute Gasteiger partial charge is 0.508 e. The average molecular weight is 452 g/mol. The number of phenolic OH excluding ortho intramolecular Hbond substituents is 1. The third-order valence-electron chi connectivity index (χ3n) is 4.48. The molecule has 2 unspecified atom stereocenters. The van der Waals surface area contributed by atoms with Crippen LogP contribution in [0.25, 0.3) is 0 Å². The second-order valence-electron chi connectivity index (χ2n) is 9.33.